The third-order valence-electron chi connectivity index (χ3n) is 2.53. The SMILES string of the molecule is CC(C)(C)c1cccc(Oc2nnc(CN)s2)c1. The Hall–Kier alpha value is -1.46. The molecule has 2 aromatic rings. The Morgan fingerprint density at radius 3 is 2.67 bits per heavy atom. The largest absolute Gasteiger partial charge is 0.430 e. The standard InChI is InChI=1S/C13H17N3OS/c1-13(2,3)9-5-4-6-10(7-9)17-12-16-15-11(8-14)18-12/h4-7H,8,14H2,1-3H3. The number of hydrogen-bond acceptors (Lipinski definition) is 5. The van der Waals surface area contributed by atoms with Crippen molar-refractivity contribution < 1.29 is 4.74 Å². The van der Waals surface area contributed by atoms with Crippen molar-refractivity contribution >= 4 is 11.3 Å². The quantitative estimate of drug-likeness (QED) is 0.924. The monoisotopic (exact) mass is 263 g/mol. The highest BCUT2D eigenvalue weighted by atomic mass is 32.1. The molecular formula is C13H17N3OS. The zero-order valence-electron chi connectivity index (χ0n) is 10.8. The zero-order chi connectivity index (χ0) is 13.2. The van der Waals surface area contributed by atoms with Crippen LogP contribution in [0.5, 0.6) is 10.9 Å². The lowest BCUT2D eigenvalue weighted by molar-refractivity contribution is 0.469. The van der Waals surface area contributed by atoms with Gasteiger partial charge in [0.2, 0.25) is 0 Å². The summed E-state index contributed by atoms with van der Waals surface area (Å²) in [5.74, 6) is 0.780. The number of rotatable bonds is 3. The molecule has 0 spiro atoms. The van der Waals surface area contributed by atoms with Crippen LogP contribution in [0.3, 0.4) is 0 Å². The minimum Gasteiger partial charge on any atom is -0.430 e. The van der Waals surface area contributed by atoms with E-state index in [4.69, 9.17) is 10.5 Å². The first-order valence-electron chi connectivity index (χ1n) is 5.80. The predicted octanol–water partition coefficient (Wildman–Crippen LogP) is 3.09. The van der Waals surface area contributed by atoms with E-state index in [1.54, 1.807) is 0 Å². The van der Waals surface area contributed by atoms with Crippen molar-refractivity contribution in [2.45, 2.75) is 32.7 Å². The molecule has 2 N–H and O–H groups in total. The van der Waals surface area contributed by atoms with Gasteiger partial charge in [-0.05, 0) is 23.1 Å². The van der Waals surface area contributed by atoms with Gasteiger partial charge < -0.3 is 10.5 Å². The first kappa shape index (κ1) is 13.0. The van der Waals surface area contributed by atoms with E-state index in [0.717, 1.165) is 10.8 Å². The number of aromatic nitrogens is 2. The Balaban J connectivity index is 2.19. The van der Waals surface area contributed by atoms with E-state index in [2.05, 4.69) is 37.0 Å². The molecule has 0 saturated carbocycles. The van der Waals surface area contributed by atoms with Gasteiger partial charge in [0, 0.05) is 6.54 Å². The van der Waals surface area contributed by atoms with Crippen LogP contribution < -0.4 is 10.5 Å². The molecule has 0 unspecified atom stereocenters. The topological polar surface area (TPSA) is 61.0 Å². The molecule has 5 heteroatoms. The lowest BCUT2D eigenvalue weighted by atomic mass is 9.87. The molecule has 4 nitrogen and oxygen atoms in total. The average Bonchev–Trinajstić information content (AvgIpc) is 2.76. The van der Waals surface area contributed by atoms with Crippen LogP contribution in [-0.2, 0) is 12.0 Å². The molecule has 0 aliphatic heterocycles. The summed E-state index contributed by atoms with van der Waals surface area (Å²) in [6, 6.07) is 8.03. The highest BCUT2D eigenvalue weighted by Gasteiger charge is 2.14. The third kappa shape index (κ3) is 3.05. The maximum absolute atomic E-state index is 5.69. The number of ether oxygens (including phenoxy) is 1. The highest BCUT2D eigenvalue weighted by molar-refractivity contribution is 7.13. The Morgan fingerprint density at radius 1 is 1.28 bits per heavy atom. The number of benzene rings is 1. The van der Waals surface area contributed by atoms with Crippen molar-refractivity contribution in [1.82, 2.24) is 10.2 Å². The van der Waals surface area contributed by atoms with Crippen LogP contribution in [0.4, 0.5) is 0 Å². The van der Waals surface area contributed by atoms with E-state index in [9.17, 15) is 0 Å². The van der Waals surface area contributed by atoms with E-state index in [-0.39, 0.29) is 5.41 Å². The second-order valence-electron chi connectivity index (χ2n) is 5.05. The second kappa shape index (κ2) is 5.04. The molecule has 0 amide bonds. The van der Waals surface area contributed by atoms with Crippen molar-refractivity contribution in [2.24, 2.45) is 5.73 Å². The van der Waals surface area contributed by atoms with Crippen LogP contribution in [0.1, 0.15) is 31.3 Å². The van der Waals surface area contributed by atoms with Gasteiger partial charge in [-0.15, -0.1) is 5.10 Å². The van der Waals surface area contributed by atoms with Crippen LogP contribution in [0, 0.1) is 0 Å². The normalized spacial score (nSPS) is 11.6. The summed E-state index contributed by atoms with van der Waals surface area (Å²) >= 11 is 1.37. The number of nitrogens with two attached hydrogens (primary N) is 1. The molecule has 0 saturated heterocycles. The van der Waals surface area contributed by atoms with E-state index in [1.807, 2.05) is 18.2 Å². The Bertz CT molecular complexity index is 531. The lowest BCUT2D eigenvalue weighted by Gasteiger charge is -2.19. The summed E-state index contributed by atoms with van der Waals surface area (Å²) < 4.78 is 5.69. The number of nitrogens with zero attached hydrogens (tertiary/aromatic N) is 2. The minimum atomic E-state index is 0.100. The fraction of sp³-hybridized carbons (Fsp3) is 0.385. The van der Waals surface area contributed by atoms with Gasteiger partial charge in [-0.25, -0.2) is 0 Å². The van der Waals surface area contributed by atoms with Gasteiger partial charge >= 0.3 is 0 Å². The highest BCUT2D eigenvalue weighted by Crippen LogP contribution is 2.29. The molecule has 0 bridgehead atoms. The fourth-order valence-corrected chi connectivity index (χ4v) is 2.07. The smallest absolute Gasteiger partial charge is 0.299 e. The summed E-state index contributed by atoms with van der Waals surface area (Å²) in [5, 5.41) is 9.17. The van der Waals surface area contributed by atoms with Crippen LogP contribution in [-0.4, -0.2) is 10.2 Å². The van der Waals surface area contributed by atoms with E-state index in [0.29, 0.717) is 11.7 Å². The molecule has 96 valence electrons. The summed E-state index contributed by atoms with van der Waals surface area (Å²) in [6.07, 6.45) is 0. The van der Waals surface area contributed by atoms with Gasteiger partial charge in [-0.1, -0.05) is 49.3 Å². The van der Waals surface area contributed by atoms with E-state index in [1.165, 1.54) is 16.9 Å². The van der Waals surface area contributed by atoms with Crippen LogP contribution >= 0.6 is 11.3 Å². The van der Waals surface area contributed by atoms with E-state index >= 15 is 0 Å². The van der Waals surface area contributed by atoms with Gasteiger partial charge in [0.05, 0.1) is 0 Å². The van der Waals surface area contributed by atoms with Crippen LogP contribution in [0.15, 0.2) is 24.3 Å². The Kier molecular flexibility index (Phi) is 3.63. The van der Waals surface area contributed by atoms with E-state index < -0.39 is 0 Å². The maximum atomic E-state index is 5.69. The minimum absolute atomic E-state index is 0.100. The van der Waals surface area contributed by atoms with Crippen LogP contribution in [0.2, 0.25) is 0 Å². The molecule has 1 heterocycles. The molecule has 1 aromatic heterocycles. The predicted molar refractivity (Wildman–Crippen MR) is 73.0 cm³/mol. The van der Waals surface area contributed by atoms with Gasteiger partial charge in [-0.2, -0.15) is 0 Å². The second-order valence-corrected chi connectivity index (χ2v) is 6.07. The van der Waals surface area contributed by atoms with Crippen molar-refractivity contribution in [3.8, 4) is 10.9 Å². The molecule has 18 heavy (non-hydrogen) atoms. The molecule has 0 fully saturated rings. The average molecular weight is 263 g/mol. The molecule has 0 atom stereocenters. The van der Waals surface area contributed by atoms with Crippen molar-refractivity contribution in [3.63, 3.8) is 0 Å². The lowest BCUT2D eigenvalue weighted by Crippen LogP contribution is -2.10. The summed E-state index contributed by atoms with van der Waals surface area (Å²) in [4.78, 5) is 0. The molecule has 1 aromatic carbocycles. The van der Waals surface area contributed by atoms with Crippen LogP contribution in [0.25, 0.3) is 0 Å². The van der Waals surface area contributed by atoms with Gasteiger partial charge in [-0.3, -0.25) is 0 Å². The summed E-state index contributed by atoms with van der Waals surface area (Å²) in [6.45, 7) is 6.90. The van der Waals surface area contributed by atoms with Gasteiger partial charge in [0.1, 0.15) is 10.8 Å². The first-order chi connectivity index (χ1) is 8.49. The van der Waals surface area contributed by atoms with Gasteiger partial charge in [0.25, 0.3) is 5.19 Å². The maximum Gasteiger partial charge on any atom is 0.299 e. The first-order valence-corrected chi connectivity index (χ1v) is 6.61. The fourth-order valence-electron chi connectivity index (χ4n) is 1.49. The Labute approximate surface area is 111 Å². The molecule has 0 radical (unpaired) electrons. The molecule has 0 aliphatic rings. The van der Waals surface area contributed by atoms with Crippen molar-refractivity contribution in [2.75, 3.05) is 0 Å². The molecular weight excluding hydrogens is 246 g/mol. The summed E-state index contributed by atoms with van der Waals surface area (Å²) in [7, 11) is 0. The Morgan fingerprint density at radius 2 is 2.06 bits per heavy atom. The van der Waals surface area contributed by atoms with Crippen molar-refractivity contribution in [1.29, 1.82) is 0 Å². The molecule has 0 aliphatic carbocycles. The summed E-state index contributed by atoms with van der Waals surface area (Å²) in [5.41, 5.74) is 6.82. The van der Waals surface area contributed by atoms with Gasteiger partial charge in [0.15, 0.2) is 0 Å². The third-order valence-corrected chi connectivity index (χ3v) is 3.35. The van der Waals surface area contributed by atoms with Crippen molar-refractivity contribution in [3.05, 3.63) is 34.8 Å². The zero-order valence-corrected chi connectivity index (χ0v) is 11.6. The number of hydrogen-bond donors (Lipinski definition) is 1. The molecule has 2 rings (SSSR count).